The van der Waals surface area contributed by atoms with E-state index >= 15 is 0 Å². The quantitative estimate of drug-likeness (QED) is 0.341. The smallest absolute Gasteiger partial charge is 0.0184 e. The van der Waals surface area contributed by atoms with Crippen molar-refractivity contribution in [1.82, 2.24) is 5.01 Å². The van der Waals surface area contributed by atoms with Gasteiger partial charge < -0.3 is 0 Å². The molecule has 0 amide bonds. The lowest BCUT2D eigenvalue weighted by Gasteiger charge is -2.20. The fourth-order valence-electron chi connectivity index (χ4n) is 1.69. The van der Waals surface area contributed by atoms with E-state index in [9.17, 15) is 0 Å². The van der Waals surface area contributed by atoms with Gasteiger partial charge in [-0.3, -0.25) is 5.84 Å². The molecular weight excluding hydrogens is 184 g/mol. The average molecular weight is 214 g/mol. The summed E-state index contributed by atoms with van der Waals surface area (Å²) in [7, 11) is 0. The Labute approximate surface area is 96.2 Å². The van der Waals surface area contributed by atoms with Crippen molar-refractivity contribution in [1.29, 1.82) is 0 Å². The van der Waals surface area contributed by atoms with Crippen LogP contribution in [0, 0.1) is 0 Å². The van der Waals surface area contributed by atoms with E-state index in [2.05, 4.69) is 20.8 Å². The van der Waals surface area contributed by atoms with E-state index in [1.165, 1.54) is 51.4 Å². The molecule has 0 fully saturated rings. The summed E-state index contributed by atoms with van der Waals surface area (Å²) in [4.78, 5) is 0. The molecule has 0 saturated heterocycles. The van der Waals surface area contributed by atoms with Gasteiger partial charge in [0, 0.05) is 12.6 Å². The lowest BCUT2D eigenvalue weighted by Crippen LogP contribution is -2.38. The SMILES string of the molecule is CCCCCCCCCCN(N)C(C)C. The summed E-state index contributed by atoms with van der Waals surface area (Å²) >= 11 is 0. The van der Waals surface area contributed by atoms with Gasteiger partial charge in [0.1, 0.15) is 0 Å². The molecule has 0 aliphatic heterocycles. The molecule has 0 aliphatic rings. The van der Waals surface area contributed by atoms with Crippen molar-refractivity contribution in [2.75, 3.05) is 6.54 Å². The first kappa shape index (κ1) is 14.9. The van der Waals surface area contributed by atoms with Crippen molar-refractivity contribution in [3.05, 3.63) is 0 Å². The molecule has 0 atom stereocenters. The third kappa shape index (κ3) is 10.2. The Hall–Kier alpha value is -0.0800. The fraction of sp³-hybridized carbons (Fsp3) is 1.00. The zero-order valence-corrected chi connectivity index (χ0v) is 11.0. The van der Waals surface area contributed by atoms with Gasteiger partial charge in [-0.1, -0.05) is 51.9 Å². The standard InChI is InChI=1S/C13H30N2/c1-4-5-6-7-8-9-10-11-12-15(14)13(2)3/h13H,4-12,14H2,1-3H3. The summed E-state index contributed by atoms with van der Waals surface area (Å²) < 4.78 is 0. The first-order valence-corrected chi connectivity index (χ1v) is 6.69. The molecular formula is C13H30N2. The van der Waals surface area contributed by atoms with Crippen molar-refractivity contribution in [3.8, 4) is 0 Å². The molecule has 0 aromatic heterocycles. The lowest BCUT2D eigenvalue weighted by atomic mass is 10.1. The van der Waals surface area contributed by atoms with Crippen molar-refractivity contribution in [3.63, 3.8) is 0 Å². The number of nitrogens with zero attached hydrogens (tertiary/aromatic N) is 1. The van der Waals surface area contributed by atoms with E-state index in [-0.39, 0.29) is 0 Å². The third-order valence-corrected chi connectivity index (χ3v) is 2.93. The molecule has 2 heteroatoms. The van der Waals surface area contributed by atoms with E-state index in [1.54, 1.807) is 0 Å². The van der Waals surface area contributed by atoms with Gasteiger partial charge in [0.25, 0.3) is 0 Å². The largest absolute Gasteiger partial charge is 0.269 e. The van der Waals surface area contributed by atoms with Crippen LogP contribution in [0.2, 0.25) is 0 Å². The Balaban J connectivity index is 3.05. The molecule has 0 spiro atoms. The van der Waals surface area contributed by atoms with Crippen molar-refractivity contribution in [2.45, 2.75) is 78.2 Å². The molecule has 0 radical (unpaired) electrons. The zero-order valence-electron chi connectivity index (χ0n) is 11.0. The summed E-state index contributed by atoms with van der Waals surface area (Å²) in [6.07, 6.45) is 11.0. The fourth-order valence-corrected chi connectivity index (χ4v) is 1.69. The van der Waals surface area contributed by atoms with Crippen LogP contribution >= 0.6 is 0 Å². The topological polar surface area (TPSA) is 29.3 Å². The first-order chi connectivity index (χ1) is 7.18. The molecule has 0 aromatic rings. The van der Waals surface area contributed by atoms with Crippen LogP contribution in [0.15, 0.2) is 0 Å². The average Bonchev–Trinajstić information content (AvgIpc) is 2.21. The second kappa shape index (κ2) is 10.4. The minimum absolute atomic E-state index is 0.481. The normalized spacial score (nSPS) is 11.6. The van der Waals surface area contributed by atoms with Crippen LogP contribution in [0.4, 0.5) is 0 Å². The van der Waals surface area contributed by atoms with Gasteiger partial charge in [0.15, 0.2) is 0 Å². The molecule has 0 unspecified atom stereocenters. The van der Waals surface area contributed by atoms with Gasteiger partial charge in [-0.25, -0.2) is 5.01 Å². The highest BCUT2D eigenvalue weighted by Gasteiger charge is 2.01. The van der Waals surface area contributed by atoms with Crippen LogP contribution in [0.3, 0.4) is 0 Å². The highest BCUT2D eigenvalue weighted by atomic mass is 15.4. The Morgan fingerprint density at radius 3 is 1.80 bits per heavy atom. The van der Waals surface area contributed by atoms with Gasteiger partial charge >= 0.3 is 0 Å². The predicted octanol–water partition coefficient (Wildman–Crippen LogP) is 3.71. The van der Waals surface area contributed by atoms with E-state index in [4.69, 9.17) is 5.84 Å². The van der Waals surface area contributed by atoms with Gasteiger partial charge in [-0.2, -0.15) is 0 Å². The molecule has 0 aliphatic carbocycles. The lowest BCUT2D eigenvalue weighted by molar-refractivity contribution is 0.222. The minimum atomic E-state index is 0.481. The molecule has 92 valence electrons. The van der Waals surface area contributed by atoms with Gasteiger partial charge in [0.05, 0.1) is 0 Å². The Morgan fingerprint density at radius 2 is 1.33 bits per heavy atom. The summed E-state index contributed by atoms with van der Waals surface area (Å²) in [5.41, 5.74) is 0. The monoisotopic (exact) mass is 214 g/mol. The highest BCUT2D eigenvalue weighted by Crippen LogP contribution is 2.08. The molecule has 0 aromatic carbocycles. The summed E-state index contributed by atoms with van der Waals surface area (Å²) in [6, 6.07) is 0.481. The summed E-state index contributed by atoms with van der Waals surface area (Å²) in [5.74, 6) is 5.83. The van der Waals surface area contributed by atoms with E-state index in [1.807, 2.05) is 5.01 Å². The maximum atomic E-state index is 5.83. The van der Waals surface area contributed by atoms with Gasteiger partial charge in [0.2, 0.25) is 0 Å². The highest BCUT2D eigenvalue weighted by molar-refractivity contribution is 4.54. The molecule has 0 rings (SSSR count). The number of hydrazine groups is 1. The number of unbranched alkanes of at least 4 members (excludes halogenated alkanes) is 7. The first-order valence-electron chi connectivity index (χ1n) is 6.69. The van der Waals surface area contributed by atoms with Gasteiger partial charge in [-0.05, 0) is 20.3 Å². The van der Waals surface area contributed by atoms with Crippen molar-refractivity contribution < 1.29 is 0 Å². The number of nitrogens with two attached hydrogens (primary N) is 1. The Kier molecular flexibility index (Phi) is 10.4. The van der Waals surface area contributed by atoms with Crippen LogP contribution in [-0.4, -0.2) is 17.6 Å². The Bertz CT molecular complexity index is 124. The van der Waals surface area contributed by atoms with Crippen LogP contribution in [0.5, 0.6) is 0 Å². The molecule has 2 nitrogen and oxygen atoms in total. The molecule has 0 saturated carbocycles. The second-order valence-corrected chi connectivity index (χ2v) is 4.81. The predicted molar refractivity (Wildman–Crippen MR) is 68.6 cm³/mol. The van der Waals surface area contributed by atoms with Crippen LogP contribution < -0.4 is 5.84 Å². The number of rotatable bonds is 10. The van der Waals surface area contributed by atoms with Crippen LogP contribution in [0.1, 0.15) is 72.1 Å². The molecule has 2 N–H and O–H groups in total. The van der Waals surface area contributed by atoms with Crippen LogP contribution in [-0.2, 0) is 0 Å². The zero-order chi connectivity index (χ0) is 11.5. The minimum Gasteiger partial charge on any atom is -0.269 e. The van der Waals surface area contributed by atoms with Crippen LogP contribution in [0.25, 0.3) is 0 Å². The maximum absolute atomic E-state index is 5.83. The molecule has 0 heterocycles. The maximum Gasteiger partial charge on any atom is 0.0184 e. The Morgan fingerprint density at radius 1 is 0.867 bits per heavy atom. The van der Waals surface area contributed by atoms with Crippen molar-refractivity contribution in [2.24, 2.45) is 5.84 Å². The molecule has 0 bridgehead atoms. The van der Waals surface area contributed by atoms with E-state index in [0.29, 0.717) is 6.04 Å². The molecule has 15 heavy (non-hydrogen) atoms. The second-order valence-electron chi connectivity index (χ2n) is 4.81. The van der Waals surface area contributed by atoms with Gasteiger partial charge in [-0.15, -0.1) is 0 Å². The van der Waals surface area contributed by atoms with Crippen molar-refractivity contribution >= 4 is 0 Å². The number of hydrogen-bond donors (Lipinski definition) is 1. The van der Waals surface area contributed by atoms with E-state index < -0.39 is 0 Å². The summed E-state index contributed by atoms with van der Waals surface area (Å²) in [5, 5.41) is 1.94. The number of hydrogen-bond acceptors (Lipinski definition) is 2. The third-order valence-electron chi connectivity index (χ3n) is 2.93. The summed E-state index contributed by atoms with van der Waals surface area (Å²) in [6.45, 7) is 7.60. The van der Waals surface area contributed by atoms with E-state index in [0.717, 1.165) is 6.54 Å².